The van der Waals surface area contributed by atoms with Gasteiger partial charge in [-0.15, -0.1) is 0 Å². The number of hydrogen-bond donors (Lipinski definition) is 0. The summed E-state index contributed by atoms with van der Waals surface area (Å²) in [5, 5.41) is 0. The lowest BCUT2D eigenvalue weighted by atomic mass is 10.1. The van der Waals surface area contributed by atoms with E-state index in [4.69, 9.17) is 18.9 Å². The van der Waals surface area contributed by atoms with Gasteiger partial charge in [0, 0.05) is 30.8 Å². The van der Waals surface area contributed by atoms with Gasteiger partial charge in [0.1, 0.15) is 12.7 Å². The molecule has 1 amide bonds. The molecule has 182 valence electrons. The Bertz CT molecular complexity index is 1060. The second-order valence-electron chi connectivity index (χ2n) is 7.29. The predicted octanol–water partition coefficient (Wildman–Crippen LogP) is 2.68. The normalized spacial score (nSPS) is 15.9. The van der Waals surface area contributed by atoms with E-state index in [1.165, 1.54) is 37.5 Å². The zero-order chi connectivity index (χ0) is 24.7. The number of rotatable bonds is 9. The third kappa shape index (κ3) is 6.04. The van der Waals surface area contributed by atoms with Gasteiger partial charge < -0.3 is 23.8 Å². The highest BCUT2D eigenvalue weighted by Crippen LogP contribution is 2.25. The van der Waals surface area contributed by atoms with Crippen LogP contribution in [0.5, 0.6) is 17.6 Å². The van der Waals surface area contributed by atoms with Gasteiger partial charge in [0.25, 0.3) is 0 Å². The van der Waals surface area contributed by atoms with Crippen molar-refractivity contribution >= 4 is 17.8 Å². The van der Waals surface area contributed by atoms with Gasteiger partial charge in [0.2, 0.25) is 11.8 Å². The largest absolute Gasteiger partial charge is 0.485 e. The van der Waals surface area contributed by atoms with Crippen LogP contribution in [0.4, 0.5) is 8.78 Å². The zero-order valence-corrected chi connectivity index (χ0v) is 19.0. The minimum absolute atomic E-state index is 0.0544. The van der Waals surface area contributed by atoms with Gasteiger partial charge in [-0.05, 0) is 18.2 Å². The summed E-state index contributed by atoms with van der Waals surface area (Å²) in [6.07, 6.45) is 3.87. The maximum Gasteiger partial charge on any atom is 0.319 e. The Morgan fingerprint density at radius 1 is 1.24 bits per heavy atom. The molecule has 1 aromatic heterocycles. The van der Waals surface area contributed by atoms with Gasteiger partial charge in [0.15, 0.2) is 23.2 Å². The molecule has 0 saturated carbocycles. The number of halogens is 2. The zero-order valence-electron chi connectivity index (χ0n) is 19.0. The molecule has 2 heterocycles. The lowest BCUT2D eigenvalue weighted by Gasteiger charge is -2.32. The van der Waals surface area contributed by atoms with Gasteiger partial charge in [-0.1, -0.05) is 6.92 Å². The Hall–Kier alpha value is -3.60. The van der Waals surface area contributed by atoms with Crippen LogP contribution in [-0.4, -0.2) is 73.2 Å². The molecule has 11 heteroatoms. The lowest BCUT2D eigenvalue weighted by Crippen LogP contribution is -2.47. The molecule has 1 aliphatic rings. The first-order chi connectivity index (χ1) is 16.4. The lowest BCUT2D eigenvalue weighted by molar-refractivity contribution is -0.134. The van der Waals surface area contributed by atoms with Crippen molar-refractivity contribution in [3.05, 3.63) is 47.2 Å². The van der Waals surface area contributed by atoms with Crippen molar-refractivity contribution in [2.75, 3.05) is 40.5 Å². The third-order valence-corrected chi connectivity index (χ3v) is 5.04. The number of ether oxygens (including phenoxy) is 4. The van der Waals surface area contributed by atoms with Crippen molar-refractivity contribution in [1.82, 2.24) is 14.9 Å². The number of methoxy groups -OCH3 is 2. The summed E-state index contributed by atoms with van der Waals surface area (Å²) in [7, 11) is 2.87. The number of carbonyl (C=O) groups excluding carboxylic acids is 2. The van der Waals surface area contributed by atoms with Crippen molar-refractivity contribution in [2.24, 2.45) is 0 Å². The first kappa shape index (κ1) is 25.0. The molecule has 1 fully saturated rings. The second-order valence-corrected chi connectivity index (χ2v) is 7.29. The average Bonchev–Trinajstić information content (AvgIpc) is 2.86. The molecule has 1 saturated heterocycles. The molecule has 1 aromatic carbocycles. The van der Waals surface area contributed by atoms with E-state index in [2.05, 4.69) is 9.97 Å². The van der Waals surface area contributed by atoms with Crippen LogP contribution >= 0.6 is 0 Å². The first-order valence-electron chi connectivity index (χ1n) is 10.5. The van der Waals surface area contributed by atoms with Crippen molar-refractivity contribution in [3.63, 3.8) is 0 Å². The molecule has 34 heavy (non-hydrogen) atoms. The summed E-state index contributed by atoms with van der Waals surface area (Å²) in [4.78, 5) is 33.9. The third-order valence-electron chi connectivity index (χ3n) is 5.04. The van der Waals surface area contributed by atoms with E-state index in [1.54, 1.807) is 6.92 Å². The molecule has 0 bridgehead atoms. The fraction of sp³-hybridized carbons (Fsp3) is 0.391. The first-order valence-corrected chi connectivity index (χ1v) is 10.5. The van der Waals surface area contributed by atoms with Crippen molar-refractivity contribution in [2.45, 2.75) is 19.4 Å². The van der Waals surface area contributed by atoms with Gasteiger partial charge >= 0.3 is 6.01 Å². The Morgan fingerprint density at radius 3 is 2.62 bits per heavy atom. The molecule has 0 spiro atoms. The minimum Gasteiger partial charge on any atom is -0.485 e. The smallest absolute Gasteiger partial charge is 0.319 e. The monoisotopic (exact) mass is 477 g/mol. The summed E-state index contributed by atoms with van der Waals surface area (Å²) in [5.41, 5.74) is 0.432. The van der Waals surface area contributed by atoms with E-state index < -0.39 is 23.5 Å². The van der Waals surface area contributed by atoms with Crippen molar-refractivity contribution in [3.8, 4) is 17.6 Å². The Kier molecular flexibility index (Phi) is 8.47. The van der Waals surface area contributed by atoms with E-state index in [9.17, 15) is 18.4 Å². The van der Waals surface area contributed by atoms with Crippen LogP contribution in [0.25, 0.3) is 6.08 Å². The minimum atomic E-state index is -0.973. The average molecular weight is 477 g/mol. The van der Waals surface area contributed by atoms with Gasteiger partial charge in [-0.2, -0.15) is 4.98 Å². The molecule has 0 radical (unpaired) electrons. The Labute approximate surface area is 195 Å². The van der Waals surface area contributed by atoms with Crippen LogP contribution in [0, 0.1) is 11.6 Å². The van der Waals surface area contributed by atoms with E-state index >= 15 is 0 Å². The maximum atomic E-state index is 14.3. The number of Topliss-reactive ketones (excluding diaryl/α,β-unsaturated/α-hetero) is 1. The molecule has 2 aromatic rings. The summed E-state index contributed by atoms with van der Waals surface area (Å²) < 4.78 is 49.5. The molecule has 9 nitrogen and oxygen atoms in total. The molecular formula is C23H25F2N3O6. The Balaban J connectivity index is 1.61. The van der Waals surface area contributed by atoms with Gasteiger partial charge in [-0.3, -0.25) is 9.59 Å². The van der Waals surface area contributed by atoms with Crippen LogP contribution < -0.4 is 14.2 Å². The highest BCUT2D eigenvalue weighted by Gasteiger charge is 2.25. The highest BCUT2D eigenvalue weighted by molar-refractivity contribution is 5.96. The Morgan fingerprint density at radius 2 is 1.97 bits per heavy atom. The van der Waals surface area contributed by atoms with Gasteiger partial charge in [0.05, 0.1) is 32.9 Å². The molecule has 3 rings (SSSR count). The number of aromatic nitrogens is 2. The number of ketones is 1. The molecule has 0 aliphatic carbocycles. The van der Waals surface area contributed by atoms with Crippen LogP contribution in [0.2, 0.25) is 0 Å². The maximum absolute atomic E-state index is 14.3. The fourth-order valence-corrected chi connectivity index (χ4v) is 3.26. The standard InChI is InChI=1S/C23H25F2N3O6/c1-4-19(29)15-9-17(24)21(18(25)10-15)34-13-16-12-28(7-8-33-16)20(30)6-5-14-11-26-23(32-3)27-22(14)31-2/h5-6,9-11,16H,4,7-8,12-13H2,1-3H3. The predicted molar refractivity (Wildman–Crippen MR) is 117 cm³/mol. The number of morpholine rings is 1. The van der Waals surface area contributed by atoms with Crippen molar-refractivity contribution in [1.29, 1.82) is 0 Å². The molecule has 1 atom stereocenters. The van der Waals surface area contributed by atoms with Gasteiger partial charge in [-0.25, -0.2) is 13.8 Å². The quantitative estimate of drug-likeness (QED) is 0.402. The van der Waals surface area contributed by atoms with Crippen LogP contribution in [0.15, 0.2) is 24.4 Å². The van der Waals surface area contributed by atoms with Crippen LogP contribution in [-0.2, 0) is 9.53 Å². The number of hydrogen-bond acceptors (Lipinski definition) is 8. The highest BCUT2D eigenvalue weighted by atomic mass is 19.1. The number of carbonyl (C=O) groups is 2. The van der Waals surface area contributed by atoms with E-state index in [0.29, 0.717) is 12.1 Å². The molecule has 0 N–H and O–H groups in total. The molecule has 1 aliphatic heterocycles. The molecular weight excluding hydrogens is 452 g/mol. The second kappa shape index (κ2) is 11.5. The summed E-state index contributed by atoms with van der Waals surface area (Å²) in [6, 6.07) is 2.03. The number of amides is 1. The topological polar surface area (TPSA) is 100 Å². The summed E-state index contributed by atoms with van der Waals surface area (Å²) in [5.74, 6) is -2.96. The summed E-state index contributed by atoms with van der Waals surface area (Å²) in [6.45, 7) is 2.16. The van der Waals surface area contributed by atoms with Crippen LogP contribution in [0.1, 0.15) is 29.3 Å². The van der Waals surface area contributed by atoms with E-state index in [1.807, 2.05) is 0 Å². The number of nitrogens with zero attached hydrogens (tertiary/aromatic N) is 3. The SMILES string of the molecule is CCC(=O)c1cc(F)c(OCC2CN(C(=O)C=Cc3cnc(OC)nc3OC)CCO2)c(F)c1. The van der Waals surface area contributed by atoms with Crippen LogP contribution in [0.3, 0.4) is 0 Å². The number of benzene rings is 1. The fourth-order valence-electron chi connectivity index (χ4n) is 3.26. The van der Waals surface area contributed by atoms with E-state index in [-0.39, 0.29) is 55.3 Å². The molecule has 1 unspecified atom stereocenters. The summed E-state index contributed by atoms with van der Waals surface area (Å²) >= 11 is 0. The van der Waals surface area contributed by atoms with Crippen molar-refractivity contribution < 1.29 is 37.3 Å². The van der Waals surface area contributed by atoms with E-state index in [0.717, 1.165) is 12.1 Å².